The average Bonchev–Trinajstić information content (AvgIpc) is 2.77. The molecule has 0 aliphatic rings. The third-order valence-electron chi connectivity index (χ3n) is 4.25. The minimum absolute atomic E-state index is 0.389. The van der Waals surface area contributed by atoms with Crippen molar-refractivity contribution in [3.05, 3.63) is 84.4 Å². The third kappa shape index (κ3) is 5.36. The molecule has 3 rings (SSSR count). The summed E-state index contributed by atoms with van der Waals surface area (Å²) < 4.78 is 10.9. The molecule has 0 aromatic heterocycles. The van der Waals surface area contributed by atoms with Gasteiger partial charge >= 0.3 is 0 Å². The predicted octanol–water partition coefficient (Wildman–Crippen LogP) is 5.37. The largest absolute Gasteiger partial charge is 0.497 e. The van der Waals surface area contributed by atoms with Crippen molar-refractivity contribution in [3.63, 3.8) is 0 Å². The Bertz CT molecular complexity index is 889. The molecule has 0 aliphatic heterocycles. The maximum atomic E-state index is 5.58. The molecule has 4 heteroatoms. The van der Waals surface area contributed by atoms with E-state index in [0.717, 1.165) is 40.3 Å². The molecule has 1 radical (unpaired) electrons. The molecule has 0 saturated carbocycles. The molecule has 143 valence electrons. The fourth-order valence-electron chi connectivity index (χ4n) is 2.77. The SMILES string of the molecule is CCC(=NOCCOc1c[c]ccc1)c1ccc(-c2cccc(OC)c2)cc1. The average molecular weight is 374 g/mol. The summed E-state index contributed by atoms with van der Waals surface area (Å²) in [5, 5.41) is 4.28. The molecule has 4 nitrogen and oxygen atoms in total. The minimum atomic E-state index is 0.389. The van der Waals surface area contributed by atoms with Crippen LogP contribution in [-0.4, -0.2) is 26.0 Å². The fraction of sp³-hybridized carbons (Fsp3) is 0.208. The number of benzene rings is 3. The van der Waals surface area contributed by atoms with Crippen molar-refractivity contribution < 1.29 is 14.3 Å². The van der Waals surface area contributed by atoms with Crippen molar-refractivity contribution in [1.82, 2.24) is 0 Å². The number of rotatable bonds is 9. The van der Waals surface area contributed by atoms with Gasteiger partial charge in [0.05, 0.1) is 12.8 Å². The van der Waals surface area contributed by atoms with Gasteiger partial charge in [0.25, 0.3) is 0 Å². The van der Waals surface area contributed by atoms with Gasteiger partial charge in [-0.15, -0.1) is 0 Å². The Morgan fingerprint density at radius 1 is 0.929 bits per heavy atom. The minimum Gasteiger partial charge on any atom is -0.497 e. The normalized spacial score (nSPS) is 11.1. The van der Waals surface area contributed by atoms with Crippen LogP contribution in [0.1, 0.15) is 18.9 Å². The van der Waals surface area contributed by atoms with Gasteiger partial charge in [0.1, 0.15) is 18.1 Å². The van der Waals surface area contributed by atoms with E-state index >= 15 is 0 Å². The molecule has 0 saturated heterocycles. The quantitative estimate of drug-likeness (QED) is 0.287. The highest BCUT2D eigenvalue weighted by atomic mass is 16.6. The van der Waals surface area contributed by atoms with Gasteiger partial charge in [-0.1, -0.05) is 60.6 Å². The number of oxime groups is 1. The lowest BCUT2D eigenvalue weighted by Crippen LogP contribution is -2.06. The van der Waals surface area contributed by atoms with Crippen LogP contribution < -0.4 is 9.47 Å². The van der Waals surface area contributed by atoms with Crippen molar-refractivity contribution in [2.75, 3.05) is 20.3 Å². The van der Waals surface area contributed by atoms with Crippen LogP contribution in [0.4, 0.5) is 0 Å². The van der Waals surface area contributed by atoms with E-state index in [-0.39, 0.29) is 0 Å². The van der Waals surface area contributed by atoms with E-state index in [9.17, 15) is 0 Å². The lowest BCUT2D eigenvalue weighted by atomic mass is 10.0. The van der Waals surface area contributed by atoms with Crippen molar-refractivity contribution in [3.8, 4) is 22.6 Å². The fourth-order valence-corrected chi connectivity index (χ4v) is 2.77. The molecule has 0 unspecified atom stereocenters. The van der Waals surface area contributed by atoms with Gasteiger partial charge < -0.3 is 14.3 Å². The first-order chi connectivity index (χ1) is 13.8. The van der Waals surface area contributed by atoms with E-state index < -0.39 is 0 Å². The maximum absolute atomic E-state index is 5.58. The topological polar surface area (TPSA) is 40.0 Å². The second-order valence-corrected chi connectivity index (χ2v) is 6.12. The number of ether oxygens (including phenoxy) is 2. The molecular weight excluding hydrogens is 350 g/mol. The molecule has 0 spiro atoms. The Balaban J connectivity index is 1.58. The van der Waals surface area contributed by atoms with E-state index in [2.05, 4.69) is 48.5 Å². The van der Waals surface area contributed by atoms with E-state index in [1.807, 2.05) is 36.4 Å². The van der Waals surface area contributed by atoms with E-state index in [0.29, 0.717) is 13.2 Å². The van der Waals surface area contributed by atoms with Gasteiger partial charge in [-0.3, -0.25) is 0 Å². The lowest BCUT2D eigenvalue weighted by Gasteiger charge is -2.08. The predicted molar refractivity (Wildman–Crippen MR) is 112 cm³/mol. The standard InChI is InChI=1S/C24H24NO3/c1-3-24(25-28-17-16-27-22-9-5-4-6-10-22)20-14-12-19(13-15-20)21-8-7-11-23(18-21)26-2/h4-5,7-15,18H,3,16-17H2,1-2H3. The maximum Gasteiger partial charge on any atom is 0.151 e. The van der Waals surface area contributed by atoms with Crippen molar-refractivity contribution in [2.45, 2.75) is 13.3 Å². The summed E-state index contributed by atoms with van der Waals surface area (Å²) in [5.74, 6) is 1.63. The van der Waals surface area contributed by atoms with Crippen LogP contribution in [-0.2, 0) is 4.84 Å². The van der Waals surface area contributed by atoms with Crippen LogP contribution >= 0.6 is 0 Å². The first-order valence-corrected chi connectivity index (χ1v) is 9.32. The number of nitrogens with zero attached hydrogens (tertiary/aromatic N) is 1. The van der Waals surface area contributed by atoms with Crippen LogP contribution in [0.3, 0.4) is 0 Å². The third-order valence-corrected chi connectivity index (χ3v) is 4.25. The molecule has 3 aromatic carbocycles. The number of hydrogen-bond donors (Lipinski definition) is 0. The van der Waals surface area contributed by atoms with E-state index in [1.165, 1.54) is 0 Å². The van der Waals surface area contributed by atoms with Crippen LogP contribution in [0.25, 0.3) is 11.1 Å². The van der Waals surface area contributed by atoms with Crippen LogP contribution in [0, 0.1) is 6.07 Å². The first-order valence-electron chi connectivity index (χ1n) is 9.32. The Morgan fingerprint density at radius 3 is 2.46 bits per heavy atom. The second-order valence-electron chi connectivity index (χ2n) is 6.12. The highest BCUT2D eigenvalue weighted by molar-refractivity contribution is 6.00. The smallest absolute Gasteiger partial charge is 0.151 e. The molecule has 0 aliphatic carbocycles. The van der Waals surface area contributed by atoms with Gasteiger partial charge in [0.15, 0.2) is 6.61 Å². The first kappa shape index (κ1) is 19.5. The summed E-state index contributed by atoms with van der Waals surface area (Å²) in [6, 6.07) is 26.7. The van der Waals surface area contributed by atoms with Crippen molar-refractivity contribution >= 4 is 5.71 Å². The number of hydrogen-bond acceptors (Lipinski definition) is 4. The zero-order valence-electron chi connectivity index (χ0n) is 16.2. The van der Waals surface area contributed by atoms with Crippen LogP contribution in [0.5, 0.6) is 11.5 Å². The monoisotopic (exact) mass is 374 g/mol. The molecule has 0 atom stereocenters. The highest BCUT2D eigenvalue weighted by Gasteiger charge is 2.05. The Morgan fingerprint density at radius 2 is 1.75 bits per heavy atom. The summed E-state index contributed by atoms with van der Waals surface area (Å²) in [7, 11) is 1.68. The van der Waals surface area contributed by atoms with Crippen molar-refractivity contribution in [2.24, 2.45) is 5.16 Å². The van der Waals surface area contributed by atoms with Gasteiger partial charge in [0.2, 0.25) is 0 Å². The molecule has 3 aromatic rings. The lowest BCUT2D eigenvalue weighted by molar-refractivity contribution is 0.107. The Labute approximate surface area is 166 Å². The van der Waals surface area contributed by atoms with Gasteiger partial charge in [-0.05, 0) is 53.4 Å². The molecule has 0 N–H and O–H groups in total. The zero-order chi connectivity index (χ0) is 19.6. The highest BCUT2D eigenvalue weighted by Crippen LogP contribution is 2.24. The van der Waals surface area contributed by atoms with Crippen LogP contribution in [0.15, 0.2) is 78.0 Å². The molecule has 28 heavy (non-hydrogen) atoms. The molecule has 0 amide bonds. The Hall–Kier alpha value is -3.27. The molecular formula is C24H24NO3. The molecule has 0 bridgehead atoms. The molecule has 0 heterocycles. The van der Waals surface area contributed by atoms with Gasteiger partial charge in [-0.2, -0.15) is 0 Å². The summed E-state index contributed by atoms with van der Waals surface area (Å²) in [5.41, 5.74) is 4.21. The van der Waals surface area contributed by atoms with Crippen LogP contribution in [0.2, 0.25) is 0 Å². The Kier molecular flexibility index (Phi) is 7.08. The van der Waals surface area contributed by atoms with Crippen molar-refractivity contribution in [1.29, 1.82) is 0 Å². The molecule has 0 fully saturated rings. The zero-order valence-corrected chi connectivity index (χ0v) is 16.2. The summed E-state index contributed by atoms with van der Waals surface area (Å²) in [4.78, 5) is 5.44. The second kappa shape index (κ2) is 10.2. The summed E-state index contributed by atoms with van der Waals surface area (Å²) in [6.07, 6.45) is 0.785. The van der Waals surface area contributed by atoms with E-state index in [1.54, 1.807) is 13.2 Å². The summed E-state index contributed by atoms with van der Waals surface area (Å²) in [6.45, 7) is 2.89. The van der Waals surface area contributed by atoms with Gasteiger partial charge in [0, 0.05) is 0 Å². The van der Waals surface area contributed by atoms with E-state index in [4.69, 9.17) is 14.3 Å². The van der Waals surface area contributed by atoms with Gasteiger partial charge in [-0.25, -0.2) is 0 Å². The summed E-state index contributed by atoms with van der Waals surface area (Å²) >= 11 is 0. The number of methoxy groups -OCH3 is 1.